The third kappa shape index (κ3) is 2.02. The van der Waals surface area contributed by atoms with Crippen LogP contribution in [0.5, 0.6) is 0 Å². The van der Waals surface area contributed by atoms with Gasteiger partial charge >= 0.3 is 0 Å². The van der Waals surface area contributed by atoms with Gasteiger partial charge in [-0.2, -0.15) is 0 Å². The van der Waals surface area contributed by atoms with E-state index < -0.39 is 0 Å². The van der Waals surface area contributed by atoms with Crippen LogP contribution < -0.4 is 5.73 Å². The van der Waals surface area contributed by atoms with Crippen molar-refractivity contribution in [2.24, 2.45) is 29.4 Å². The van der Waals surface area contributed by atoms with Crippen LogP contribution in [0.15, 0.2) is 0 Å². The fourth-order valence-corrected chi connectivity index (χ4v) is 4.85. The molecule has 18 heavy (non-hydrogen) atoms. The smallest absolute Gasteiger partial charge is 0.0362 e. The van der Waals surface area contributed by atoms with Crippen LogP contribution in [0.25, 0.3) is 0 Å². The zero-order chi connectivity index (χ0) is 12.8. The molecule has 0 aromatic carbocycles. The Balaban J connectivity index is 1.68. The van der Waals surface area contributed by atoms with E-state index in [-0.39, 0.29) is 0 Å². The molecule has 3 rings (SSSR count). The summed E-state index contributed by atoms with van der Waals surface area (Å²) in [5.74, 6) is 3.80. The first-order valence-electron chi connectivity index (χ1n) is 8.12. The van der Waals surface area contributed by atoms with Crippen LogP contribution in [0.4, 0.5) is 0 Å². The van der Waals surface area contributed by atoms with E-state index in [1.165, 1.54) is 51.6 Å². The van der Waals surface area contributed by atoms with Crippen molar-refractivity contribution in [3.05, 3.63) is 0 Å². The first-order valence-corrected chi connectivity index (χ1v) is 8.12. The predicted molar refractivity (Wildman–Crippen MR) is 76.4 cm³/mol. The van der Waals surface area contributed by atoms with E-state index >= 15 is 0 Å². The third-order valence-electron chi connectivity index (χ3n) is 6.26. The molecule has 2 heteroatoms. The summed E-state index contributed by atoms with van der Waals surface area (Å²) in [4.78, 5) is 2.81. The zero-order valence-electron chi connectivity index (χ0n) is 12.2. The van der Waals surface area contributed by atoms with Gasteiger partial charge in [-0.3, -0.25) is 4.90 Å². The normalized spacial score (nSPS) is 45.0. The molecular formula is C16H30N2. The molecular weight excluding hydrogens is 220 g/mol. The lowest BCUT2D eigenvalue weighted by Gasteiger charge is -2.42. The van der Waals surface area contributed by atoms with Gasteiger partial charge in [-0.1, -0.05) is 13.8 Å². The van der Waals surface area contributed by atoms with Crippen LogP contribution in [0, 0.1) is 23.7 Å². The van der Waals surface area contributed by atoms with Gasteiger partial charge in [0, 0.05) is 12.1 Å². The molecule has 0 spiro atoms. The molecule has 0 aromatic heterocycles. The minimum Gasteiger partial charge on any atom is -0.329 e. The molecule has 4 unspecified atom stereocenters. The first kappa shape index (κ1) is 12.9. The van der Waals surface area contributed by atoms with Crippen LogP contribution in [0.3, 0.4) is 0 Å². The van der Waals surface area contributed by atoms with E-state index in [9.17, 15) is 0 Å². The second-order valence-corrected chi connectivity index (χ2v) is 7.37. The molecule has 3 aliphatic rings. The van der Waals surface area contributed by atoms with Crippen molar-refractivity contribution >= 4 is 0 Å². The molecule has 2 aliphatic carbocycles. The Hall–Kier alpha value is -0.0800. The summed E-state index contributed by atoms with van der Waals surface area (Å²) < 4.78 is 0. The maximum absolute atomic E-state index is 6.22. The largest absolute Gasteiger partial charge is 0.329 e. The first-order chi connectivity index (χ1) is 8.67. The van der Waals surface area contributed by atoms with Gasteiger partial charge in [0.25, 0.3) is 0 Å². The Morgan fingerprint density at radius 3 is 2.61 bits per heavy atom. The highest BCUT2D eigenvalue weighted by Gasteiger charge is 2.59. The predicted octanol–water partition coefficient (Wildman–Crippen LogP) is 2.87. The van der Waals surface area contributed by atoms with Crippen molar-refractivity contribution in [2.45, 2.75) is 57.9 Å². The van der Waals surface area contributed by atoms with E-state index in [1.807, 2.05) is 0 Å². The molecule has 2 N–H and O–H groups in total. The van der Waals surface area contributed by atoms with Gasteiger partial charge in [-0.05, 0) is 75.3 Å². The third-order valence-corrected chi connectivity index (χ3v) is 6.26. The van der Waals surface area contributed by atoms with E-state index in [4.69, 9.17) is 5.73 Å². The Kier molecular flexibility index (Phi) is 3.44. The maximum Gasteiger partial charge on any atom is 0.0362 e. The maximum atomic E-state index is 6.22. The number of nitrogens with zero attached hydrogens (tertiary/aromatic N) is 1. The van der Waals surface area contributed by atoms with Crippen molar-refractivity contribution in [3.63, 3.8) is 0 Å². The molecule has 2 nitrogen and oxygen atoms in total. The van der Waals surface area contributed by atoms with Crippen LogP contribution in [0.2, 0.25) is 0 Å². The van der Waals surface area contributed by atoms with Gasteiger partial charge in [0.2, 0.25) is 0 Å². The Labute approximate surface area is 112 Å². The molecule has 0 radical (unpaired) electrons. The Morgan fingerprint density at radius 2 is 2.06 bits per heavy atom. The van der Waals surface area contributed by atoms with Crippen LogP contribution >= 0.6 is 0 Å². The quantitative estimate of drug-likeness (QED) is 0.834. The minimum atomic E-state index is 0.413. The number of rotatable bonds is 3. The number of likely N-dealkylation sites (tertiary alicyclic amines) is 1. The summed E-state index contributed by atoms with van der Waals surface area (Å²) in [5.41, 5.74) is 6.63. The molecule has 104 valence electrons. The van der Waals surface area contributed by atoms with Crippen molar-refractivity contribution in [2.75, 3.05) is 19.6 Å². The average molecular weight is 250 g/mol. The van der Waals surface area contributed by atoms with E-state index in [1.54, 1.807) is 0 Å². The Morgan fingerprint density at radius 1 is 1.22 bits per heavy atom. The lowest BCUT2D eigenvalue weighted by Crippen LogP contribution is -2.54. The highest BCUT2D eigenvalue weighted by molar-refractivity contribution is 5.13. The SMILES string of the molecule is CC(C)C1CCCN(C2(CN)CCC3CC32)CC1. The number of hydrogen-bond acceptors (Lipinski definition) is 2. The van der Waals surface area contributed by atoms with Crippen LogP contribution in [0.1, 0.15) is 52.4 Å². The monoisotopic (exact) mass is 250 g/mol. The summed E-state index contributed by atoms with van der Waals surface area (Å²) in [6.07, 6.45) is 8.53. The number of nitrogens with two attached hydrogens (primary N) is 1. The van der Waals surface area contributed by atoms with Crippen LogP contribution in [-0.2, 0) is 0 Å². The molecule has 0 amide bonds. The number of fused-ring (bicyclic) bond motifs is 1. The summed E-state index contributed by atoms with van der Waals surface area (Å²) in [5, 5.41) is 0. The lowest BCUT2D eigenvalue weighted by molar-refractivity contribution is 0.0805. The molecule has 4 atom stereocenters. The molecule has 2 saturated carbocycles. The highest BCUT2D eigenvalue weighted by Crippen LogP contribution is 2.59. The van der Waals surface area contributed by atoms with Gasteiger partial charge in [0.1, 0.15) is 0 Å². The highest BCUT2D eigenvalue weighted by atomic mass is 15.2. The molecule has 1 aliphatic heterocycles. The summed E-state index contributed by atoms with van der Waals surface area (Å²) in [6, 6.07) is 0. The molecule has 0 aromatic rings. The lowest BCUT2D eigenvalue weighted by atomic mass is 9.88. The Bertz CT molecular complexity index is 301. The van der Waals surface area contributed by atoms with E-state index in [2.05, 4.69) is 18.7 Å². The van der Waals surface area contributed by atoms with Gasteiger partial charge in [0.15, 0.2) is 0 Å². The van der Waals surface area contributed by atoms with Crippen molar-refractivity contribution in [1.29, 1.82) is 0 Å². The van der Waals surface area contributed by atoms with Gasteiger partial charge in [-0.25, -0.2) is 0 Å². The summed E-state index contributed by atoms with van der Waals surface area (Å²) >= 11 is 0. The second kappa shape index (κ2) is 4.79. The van der Waals surface area contributed by atoms with Gasteiger partial charge in [0.05, 0.1) is 0 Å². The van der Waals surface area contributed by atoms with Crippen molar-refractivity contribution < 1.29 is 0 Å². The van der Waals surface area contributed by atoms with Crippen molar-refractivity contribution in [3.8, 4) is 0 Å². The minimum absolute atomic E-state index is 0.413. The summed E-state index contributed by atoms with van der Waals surface area (Å²) in [7, 11) is 0. The van der Waals surface area contributed by atoms with Crippen molar-refractivity contribution in [1.82, 2.24) is 4.90 Å². The number of hydrogen-bond donors (Lipinski definition) is 1. The molecule has 0 bridgehead atoms. The van der Waals surface area contributed by atoms with E-state index in [0.717, 1.165) is 30.2 Å². The second-order valence-electron chi connectivity index (χ2n) is 7.37. The topological polar surface area (TPSA) is 29.3 Å². The fraction of sp³-hybridized carbons (Fsp3) is 1.00. The summed E-state index contributed by atoms with van der Waals surface area (Å²) in [6.45, 7) is 8.31. The molecule has 3 fully saturated rings. The standard InChI is InChI=1S/C16H30N2/c1-12(2)13-4-3-8-18(9-6-13)16(11-17)7-5-14-10-15(14)16/h12-15H,3-11,17H2,1-2H3. The van der Waals surface area contributed by atoms with Gasteiger partial charge < -0.3 is 5.73 Å². The van der Waals surface area contributed by atoms with E-state index in [0.29, 0.717) is 5.54 Å². The van der Waals surface area contributed by atoms with Gasteiger partial charge in [-0.15, -0.1) is 0 Å². The molecule has 1 heterocycles. The fourth-order valence-electron chi connectivity index (χ4n) is 4.85. The molecule has 1 saturated heterocycles. The average Bonchev–Trinajstić information content (AvgIpc) is 3.11. The zero-order valence-corrected chi connectivity index (χ0v) is 12.2. The van der Waals surface area contributed by atoms with Crippen LogP contribution in [-0.4, -0.2) is 30.1 Å².